The van der Waals surface area contributed by atoms with Crippen LogP contribution in [0.2, 0.25) is 0 Å². The number of phenolic OH excluding ortho intramolecular Hbond substituents is 1. The second kappa shape index (κ2) is 5.59. The first-order chi connectivity index (χ1) is 9.74. The summed E-state index contributed by atoms with van der Waals surface area (Å²) in [7, 11) is 0. The number of halogens is 1. The Hall–Kier alpha value is -1.93. The van der Waals surface area contributed by atoms with Crippen LogP contribution in [0.5, 0.6) is 5.75 Å². The Bertz CT molecular complexity index is 731. The van der Waals surface area contributed by atoms with Gasteiger partial charge in [-0.1, -0.05) is 0 Å². The fourth-order valence-corrected chi connectivity index (χ4v) is 2.82. The zero-order chi connectivity index (χ0) is 13.9. The number of rotatable bonds is 3. The molecular formula is C12H8BrN5OS. The zero-order valence-corrected chi connectivity index (χ0v) is 12.4. The van der Waals surface area contributed by atoms with Crippen molar-refractivity contribution in [3.63, 3.8) is 0 Å². The van der Waals surface area contributed by atoms with Crippen LogP contribution in [-0.4, -0.2) is 30.3 Å². The average Bonchev–Trinajstić information content (AvgIpc) is 2.90. The highest BCUT2D eigenvalue weighted by molar-refractivity contribution is 9.10. The van der Waals surface area contributed by atoms with Gasteiger partial charge in [0.25, 0.3) is 0 Å². The van der Waals surface area contributed by atoms with Crippen LogP contribution in [0.4, 0.5) is 0 Å². The van der Waals surface area contributed by atoms with Crippen LogP contribution in [0.15, 0.2) is 57.3 Å². The van der Waals surface area contributed by atoms with Crippen molar-refractivity contribution < 1.29 is 5.11 Å². The Morgan fingerprint density at radius 2 is 1.95 bits per heavy atom. The molecule has 8 heteroatoms. The van der Waals surface area contributed by atoms with Crippen molar-refractivity contribution in [2.45, 2.75) is 10.1 Å². The summed E-state index contributed by atoms with van der Waals surface area (Å²) in [5, 5.41) is 21.6. The Balaban J connectivity index is 1.95. The highest BCUT2D eigenvalue weighted by Crippen LogP contribution is 2.32. The Morgan fingerprint density at radius 3 is 2.70 bits per heavy atom. The lowest BCUT2D eigenvalue weighted by Crippen LogP contribution is -1.98. The number of benzene rings is 1. The van der Waals surface area contributed by atoms with E-state index in [1.165, 1.54) is 11.8 Å². The molecule has 0 bridgehead atoms. The quantitative estimate of drug-likeness (QED) is 0.783. The molecule has 0 radical (unpaired) electrons. The maximum atomic E-state index is 9.32. The standard InChI is InChI=1S/C12H8BrN5OS/c13-10-7-14-6-5-11(10)20-12-15-16-17-18(12)8-1-3-9(19)4-2-8/h1-7,19H. The molecule has 0 aliphatic heterocycles. The van der Waals surface area contributed by atoms with Crippen LogP contribution in [0.3, 0.4) is 0 Å². The fraction of sp³-hybridized carbons (Fsp3) is 0. The first kappa shape index (κ1) is 13.1. The molecule has 3 aromatic rings. The van der Waals surface area contributed by atoms with Gasteiger partial charge in [0.15, 0.2) is 0 Å². The Kier molecular flexibility index (Phi) is 3.66. The van der Waals surface area contributed by atoms with Gasteiger partial charge >= 0.3 is 0 Å². The Labute approximate surface area is 127 Å². The van der Waals surface area contributed by atoms with Crippen LogP contribution >= 0.6 is 27.7 Å². The summed E-state index contributed by atoms with van der Waals surface area (Å²) in [6.07, 6.45) is 3.43. The molecule has 0 saturated carbocycles. The predicted octanol–water partition coefficient (Wildman–Crippen LogP) is 2.68. The second-order valence-corrected chi connectivity index (χ2v) is 5.66. The number of pyridine rings is 1. The summed E-state index contributed by atoms with van der Waals surface area (Å²) in [5.74, 6) is 0.202. The molecule has 0 spiro atoms. The summed E-state index contributed by atoms with van der Waals surface area (Å²) in [6, 6.07) is 8.56. The predicted molar refractivity (Wildman–Crippen MR) is 76.9 cm³/mol. The molecule has 1 N–H and O–H groups in total. The van der Waals surface area contributed by atoms with Gasteiger partial charge in [-0.15, -0.1) is 5.10 Å². The van der Waals surface area contributed by atoms with Crippen molar-refractivity contribution in [1.29, 1.82) is 0 Å². The van der Waals surface area contributed by atoms with Crippen LogP contribution in [0, 0.1) is 0 Å². The number of hydrogen-bond acceptors (Lipinski definition) is 6. The van der Waals surface area contributed by atoms with E-state index < -0.39 is 0 Å². The molecule has 0 unspecified atom stereocenters. The highest BCUT2D eigenvalue weighted by atomic mass is 79.9. The molecule has 20 heavy (non-hydrogen) atoms. The van der Waals surface area contributed by atoms with Crippen LogP contribution < -0.4 is 0 Å². The second-order valence-electron chi connectivity index (χ2n) is 3.80. The lowest BCUT2D eigenvalue weighted by molar-refractivity contribution is 0.475. The number of hydrogen-bond donors (Lipinski definition) is 1. The topological polar surface area (TPSA) is 76.7 Å². The minimum absolute atomic E-state index is 0.202. The monoisotopic (exact) mass is 349 g/mol. The van der Waals surface area contributed by atoms with E-state index in [0.717, 1.165) is 15.1 Å². The third kappa shape index (κ3) is 2.66. The van der Waals surface area contributed by atoms with Gasteiger partial charge in [0.1, 0.15) is 5.75 Å². The molecule has 2 heterocycles. The molecule has 0 atom stereocenters. The molecule has 100 valence electrons. The molecule has 0 aliphatic rings. The summed E-state index contributed by atoms with van der Waals surface area (Å²) in [5.41, 5.74) is 0.778. The molecule has 0 saturated heterocycles. The fourth-order valence-electron chi connectivity index (χ4n) is 1.54. The largest absolute Gasteiger partial charge is 0.508 e. The SMILES string of the molecule is Oc1ccc(-n2nnnc2Sc2ccncc2Br)cc1. The van der Waals surface area contributed by atoms with E-state index >= 15 is 0 Å². The van der Waals surface area contributed by atoms with Crippen LogP contribution in [-0.2, 0) is 0 Å². The van der Waals surface area contributed by atoms with Gasteiger partial charge in [-0.25, -0.2) is 0 Å². The molecule has 0 aliphatic carbocycles. The van der Waals surface area contributed by atoms with E-state index in [1.807, 2.05) is 6.07 Å². The molecule has 2 aromatic heterocycles. The van der Waals surface area contributed by atoms with Crippen molar-refractivity contribution in [3.05, 3.63) is 47.2 Å². The van der Waals surface area contributed by atoms with Crippen molar-refractivity contribution in [2.24, 2.45) is 0 Å². The van der Waals surface area contributed by atoms with Gasteiger partial charge in [-0.05, 0) is 68.5 Å². The smallest absolute Gasteiger partial charge is 0.218 e. The van der Waals surface area contributed by atoms with E-state index in [-0.39, 0.29) is 5.75 Å². The number of aromatic nitrogens is 5. The van der Waals surface area contributed by atoms with Gasteiger partial charge in [-0.3, -0.25) is 4.98 Å². The molecule has 0 amide bonds. The maximum Gasteiger partial charge on any atom is 0.218 e. The molecule has 1 aromatic carbocycles. The zero-order valence-electron chi connectivity index (χ0n) is 10.0. The van der Waals surface area contributed by atoms with E-state index in [4.69, 9.17) is 0 Å². The normalized spacial score (nSPS) is 10.7. The van der Waals surface area contributed by atoms with Crippen LogP contribution in [0.1, 0.15) is 0 Å². The minimum Gasteiger partial charge on any atom is -0.508 e. The van der Waals surface area contributed by atoms with Crippen LogP contribution in [0.25, 0.3) is 5.69 Å². The van der Waals surface area contributed by atoms with Crippen molar-refractivity contribution in [1.82, 2.24) is 25.2 Å². The van der Waals surface area contributed by atoms with E-state index in [9.17, 15) is 5.11 Å². The van der Waals surface area contributed by atoms with Gasteiger partial charge in [-0.2, -0.15) is 4.68 Å². The van der Waals surface area contributed by atoms with E-state index in [2.05, 4.69) is 36.4 Å². The van der Waals surface area contributed by atoms with Crippen molar-refractivity contribution >= 4 is 27.7 Å². The number of aromatic hydroxyl groups is 1. The number of nitrogens with zero attached hydrogens (tertiary/aromatic N) is 5. The number of tetrazole rings is 1. The van der Waals surface area contributed by atoms with Gasteiger partial charge < -0.3 is 5.11 Å². The lowest BCUT2D eigenvalue weighted by atomic mass is 10.3. The summed E-state index contributed by atoms with van der Waals surface area (Å²) in [6.45, 7) is 0. The molecule has 6 nitrogen and oxygen atoms in total. The van der Waals surface area contributed by atoms with E-state index in [0.29, 0.717) is 5.16 Å². The Morgan fingerprint density at radius 1 is 1.15 bits per heavy atom. The maximum absolute atomic E-state index is 9.32. The molecular weight excluding hydrogens is 342 g/mol. The minimum atomic E-state index is 0.202. The highest BCUT2D eigenvalue weighted by Gasteiger charge is 2.11. The first-order valence-electron chi connectivity index (χ1n) is 5.59. The van der Waals surface area contributed by atoms with Gasteiger partial charge in [0.05, 0.1) is 5.69 Å². The third-order valence-electron chi connectivity index (χ3n) is 2.47. The lowest BCUT2D eigenvalue weighted by Gasteiger charge is -2.05. The van der Waals surface area contributed by atoms with Crippen molar-refractivity contribution in [3.8, 4) is 11.4 Å². The number of phenols is 1. The first-order valence-corrected chi connectivity index (χ1v) is 7.20. The average molecular weight is 350 g/mol. The van der Waals surface area contributed by atoms with Crippen molar-refractivity contribution in [2.75, 3.05) is 0 Å². The van der Waals surface area contributed by atoms with E-state index in [1.54, 1.807) is 41.3 Å². The van der Waals surface area contributed by atoms with Gasteiger partial charge in [0.2, 0.25) is 5.16 Å². The molecule has 0 fully saturated rings. The summed E-state index contributed by atoms with van der Waals surface area (Å²) >= 11 is 4.86. The summed E-state index contributed by atoms with van der Waals surface area (Å²) < 4.78 is 2.49. The third-order valence-corrected chi connectivity index (χ3v) is 4.38. The molecule has 3 rings (SSSR count). The van der Waals surface area contributed by atoms with Gasteiger partial charge in [0, 0.05) is 21.8 Å². The summed E-state index contributed by atoms with van der Waals surface area (Å²) in [4.78, 5) is 4.99.